The third-order valence-electron chi connectivity index (χ3n) is 5.96. The van der Waals surface area contributed by atoms with Gasteiger partial charge in [0.25, 0.3) is 5.79 Å². The van der Waals surface area contributed by atoms with Crippen LogP contribution in [0.5, 0.6) is 0 Å². The van der Waals surface area contributed by atoms with Crippen molar-refractivity contribution in [2.75, 3.05) is 13.2 Å². The van der Waals surface area contributed by atoms with Gasteiger partial charge in [0.1, 0.15) is 12.6 Å². The smallest absolute Gasteiger partial charge is 0.346 e. The molecule has 1 aromatic heterocycles. The van der Waals surface area contributed by atoms with E-state index in [-0.39, 0.29) is 30.6 Å². The van der Waals surface area contributed by atoms with Crippen molar-refractivity contribution in [1.82, 2.24) is 20.8 Å². The molecule has 1 fully saturated rings. The van der Waals surface area contributed by atoms with Gasteiger partial charge in [-0.2, -0.15) is 5.10 Å². The number of hydrogen-bond donors (Lipinski definition) is 8. The molecule has 0 unspecified atom stereocenters. The van der Waals surface area contributed by atoms with Crippen molar-refractivity contribution in [1.29, 1.82) is 0 Å². The van der Waals surface area contributed by atoms with Gasteiger partial charge in [-0.1, -0.05) is 12.1 Å². The molecule has 0 saturated carbocycles. The lowest BCUT2D eigenvalue weighted by atomic mass is 9.86. The zero-order valence-electron chi connectivity index (χ0n) is 15.6. The van der Waals surface area contributed by atoms with Crippen molar-refractivity contribution in [3.05, 3.63) is 30.0 Å². The Hall–Kier alpha value is -3.42. The molecule has 1 saturated heterocycles. The van der Waals surface area contributed by atoms with E-state index < -0.39 is 35.6 Å². The second kappa shape index (κ2) is 6.04. The highest BCUT2D eigenvalue weighted by Gasteiger charge is 2.76. The number of aliphatic imine (C=N–C) groups is 1. The van der Waals surface area contributed by atoms with E-state index in [4.69, 9.17) is 16.2 Å². The molecule has 13 nitrogen and oxygen atoms in total. The summed E-state index contributed by atoms with van der Waals surface area (Å²) in [5.41, 5.74) is 10.9. The van der Waals surface area contributed by atoms with Crippen LogP contribution in [0.15, 0.2) is 29.4 Å². The highest BCUT2D eigenvalue weighted by molar-refractivity contribution is 6.02. The summed E-state index contributed by atoms with van der Waals surface area (Å²) >= 11 is 0. The van der Waals surface area contributed by atoms with E-state index in [0.717, 1.165) is 0 Å². The van der Waals surface area contributed by atoms with Crippen LogP contribution in [0.4, 0.5) is 0 Å². The van der Waals surface area contributed by atoms with Crippen LogP contribution in [0.1, 0.15) is 10.4 Å². The molecule has 0 amide bonds. The van der Waals surface area contributed by atoms with Crippen molar-refractivity contribution >= 4 is 28.8 Å². The number of benzene rings is 1. The fraction of sp³-hybridized carbons (Fsp3) is 0.412. The molecule has 4 heterocycles. The lowest BCUT2D eigenvalue weighted by Crippen LogP contribution is -2.78. The number of nitrogens with zero attached hydrogens (tertiary/aromatic N) is 3. The molecule has 158 valence electrons. The van der Waals surface area contributed by atoms with Crippen LogP contribution in [0.3, 0.4) is 0 Å². The molecule has 0 aliphatic carbocycles. The number of aromatic amines is 1. The molecule has 13 heteroatoms. The van der Waals surface area contributed by atoms with Gasteiger partial charge < -0.3 is 31.1 Å². The van der Waals surface area contributed by atoms with E-state index in [1.165, 1.54) is 4.58 Å². The summed E-state index contributed by atoms with van der Waals surface area (Å²) in [6.45, 7) is -0.539. The normalized spacial score (nSPS) is 31.6. The number of esters is 1. The van der Waals surface area contributed by atoms with Crippen LogP contribution < -0.4 is 22.1 Å². The maximum absolute atomic E-state index is 12.9. The average Bonchev–Trinajstić information content (AvgIpc) is 3.37. The van der Waals surface area contributed by atoms with Crippen LogP contribution in [0.2, 0.25) is 0 Å². The fourth-order valence-electron chi connectivity index (χ4n) is 4.58. The first kappa shape index (κ1) is 18.6. The SMILES string of the molecule is NC1=N[C@H]2[C@H](CO)NC(N)=[N+]3C[C@H](OC(=O)c4cccc5cn[nH]c45)C(O)(O)[C@]23N1. The Kier molecular flexibility index (Phi) is 3.75. The highest BCUT2D eigenvalue weighted by atomic mass is 16.6. The molecule has 0 bridgehead atoms. The molecule has 10 N–H and O–H groups in total. The first-order chi connectivity index (χ1) is 14.3. The van der Waals surface area contributed by atoms with Crippen LogP contribution >= 0.6 is 0 Å². The fourth-order valence-corrected chi connectivity index (χ4v) is 4.58. The first-order valence-electron chi connectivity index (χ1n) is 9.26. The number of ether oxygens (including phenoxy) is 1. The maximum Gasteiger partial charge on any atom is 0.346 e. The Morgan fingerprint density at radius 1 is 1.37 bits per heavy atom. The number of carbonyl (C=O) groups is 1. The van der Waals surface area contributed by atoms with E-state index >= 15 is 0 Å². The zero-order valence-corrected chi connectivity index (χ0v) is 15.6. The summed E-state index contributed by atoms with van der Waals surface area (Å²) in [5, 5.41) is 45.1. The third kappa shape index (κ3) is 2.21. The molecular formula is C17H21N8O5+. The Bertz CT molecular complexity index is 1110. The van der Waals surface area contributed by atoms with E-state index in [1.54, 1.807) is 24.4 Å². The molecule has 1 spiro atoms. The largest absolute Gasteiger partial charge is 0.449 e. The van der Waals surface area contributed by atoms with Gasteiger partial charge in [-0.25, -0.2) is 14.4 Å². The minimum Gasteiger partial charge on any atom is -0.449 e. The van der Waals surface area contributed by atoms with E-state index in [0.29, 0.717) is 10.9 Å². The van der Waals surface area contributed by atoms with Gasteiger partial charge in [0.2, 0.25) is 5.66 Å². The molecular weight excluding hydrogens is 396 g/mol. The van der Waals surface area contributed by atoms with Crippen LogP contribution in [0, 0.1) is 0 Å². The second-order valence-electron chi connectivity index (χ2n) is 7.54. The number of nitrogens with one attached hydrogen (secondary N) is 3. The van der Waals surface area contributed by atoms with Crippen LogP contribution in [0.25, 0.3) is 10.9 Å². The van der Waals surface area contributed by atoms with Crippen LogP contribution in [-0.4, -0.2) is 90.8 Å². The lowest BCUT2D eigenvalue weighted by molar-refractivity contribution is -0.623. The van der Waals surface area contributed by atoms with Crippen LogP contribution in [-0.2, 0) is 4.74 Å². The van der Waals surface area contributed by atoms with Crippen molar-refractivity contribution in [2.24, 2.45) is 16.5 Å². The number of carbonyl (C=O) groups excluding carboxylic acids is 1. The molecule has 2 aromatic rings. The minimum absolute atomic E-state index is 0.0540. The summed E-state index contributed by atoms with van der Waals surface area (Å²) in [6, 6.07) is 3.34. The molecule has 1 aromatic carbocycles. The van der Waals surface area contributed by atoms with Crippen molar-refractivity contribution < 1.29 is 29.4 Å². The predicted octanol–water partition coefficient (Wildman–Crippen LogP) is -3.94. The number of fused-ring (bicyclic) bond motifs is 1. The number of hydrogen-bond acceptors (Lipinski definition) is 11. The average molecular weight is 417 g/mol. The maximum atomic E-state index is 12.9. The van der Waals surface area contributed by atoms with Gasteiger partial charge >= 0.3 is 11.9 Å². The number of aliphatic hydroxyl groups is 3. The molecule has 3 aliphatic heterocycles. The van der Waals surface area contributed by atoms with Gasteiger partial charge in [0.15, 0.2) is 18.1 Å². The van der Waals surface area contributed by atoms with Crippen molar-refractivity contribution in [2.45, 2.75) is 29.6 Å². The van der Waals surface area contributed by atoms with Crippen molar-refractivity contribution in [3.8, 4) is 0 Å². The number of nitrogens with two attached hydrogens (primary N) is 2. The molecule has 0 radical (unpaired) electrons. The molecule has 5 rings (SSSR count). The van der Waals surface area contributed by atoms with Gasteiger partial charge in [0.05, 0.1) is 23.9 Å². The van der Waals surface area contributed by atoms with E-state index in [2.05, 4.69) is 25.8 Å². The number of aliphatic hydroxyl groups excluding tert-OH is 1. The summed E-state index contributed by atoms with van der Waals surface area (Å²) in [4.78, 5) is 17.1. The Balaban J connectivity index is 1.53. The number of guanidine groups is 2. The standard InChI is InChI=1S/C17H20N8O5/c18-14-22-12-9(6-26)21-15(19)25-5-10(17(28,29)16(12,25)23-14)30-13(27)8-3-1-2-7-4-20-24-11(7)8/h1-4,9-10,12,26,28-29H,5-6H2,(H6,18,19,20,21,22,23,24,27)/p+1/t9-,10-,12-,16-/m0/s1. The summed E-state index contributed by atoms with van der Waals surface area (Å²) in [7, 11) is 0. The van der Waals surface area contributed by atoms with Gasteiger partial charge in [0, 0.05) is 5.39 Å². The van der Waals surface area contributed by atoms with Crippen molar-refractivity contribution in [3.63, 3.8) is 0 Å². The minimum atomic E-state index is -2.64. The zero-order chi connectivity index (χ0) is 21.3. The van der Waals surface area contributed by atoms with Gasteiger partial charge in [-0.3, -0.25) is 16.1 Å². The number of rotatable bonds is 3. The van der Waals surface area contributed by atoms with E-state index in [1.807, 2.05) is 0 Å². The monoisotopic (exact) mass is 417 g/mol. The summed E-state index contributed by atoms with van der Waals surface area (Å²) < 4.78 is 6.92. The summed E-state index contributed by atoms with van der Waals surface area (Å²) in [5.74, 6) is -3.40. The predicted molar refractivity (Wildman–Crippen MR) is 102 cm³/mol. The molecule has 30 heavy (non-hydrogen) atoms. The highest BCUT2D eigenvalue weighted by Crippen LogP contribution is 2.42. The third-order valence-corrected chi connectivity index (χ3v) is 5.96. The van der Waals surface area contributed by atoms with Gasteiger partial charge in [-0.15, -0.1) is 0 Å². The van der Waals surface area contributed by atoms with E-state index in [9.17, 15) is 20.1 Å². The topological polar surface area (TPSA) is 207 Å². The number of para-hydroxylation sites is 1. The Morgan fingerprint density at radius 3 is 2.93 bits per heavy atom. The number of H-pyrrole nitrogens is 1. The molecule has 4 atom stereocenters. The lowest BCUT2D eigenvalue weighted by Gasteiger charge is -2.42. The number of aromatic nitrogens is 2. The summed E-state index contributed by atoms with van der Waals surface area (Å²) in [6.07, 6.45) is 0.157. The quantitative estimate of drug-likeness (QED) is 0.138. The Morgan fingerprint density at radius 2 is 2.17 bits per heavy atom. The Labute approximate surface area is 169 Å². The first-order valence-corrected chi connectivity index (χ1v) is 9.26. The van der Waals surface area contributed by atoms with Gasteiger partial charge in [-0.05, 0) is 6.07 Å². The molecule has 3 aliphatic rings. The second-order valence-corrected chi connectivity index (χ2v) is 7.54.